The molecule has 0 saturated carbocycles. The zero-order valence-corrected chi connectivity index (χ0v) is 13.5. The number of nitrogens with zero attached hydrogens (tertiary/aromatic N) is 2. The average molecular weight is 319 g/mol. The number of hydrogen-bond donors (Lipinski definition) is 1. The fourth-order valence-corrected chi connectivity index (χ4v) is 1.87. The van der Waals surface area contributed by atoms with Gasteiger partial charge in [0.05, 0.1) is 19.7 Å². The fourth-order valence-electron chi connectivity index (χ4n) is 1.87. The maximum Gasteiger partial charge on any atom is 0.358 e. The second-order valence-corrected chi connectivity index (χ2v) is 4.75. The van der Waals surface area contributed by atoms with Gasteiger partial charge in [0.2, 0.25) is 0 Å². The number of carbonyl (C=O) groups excluding carboxylic acids is 1. The van der Waals surface area contributed by atoms with E-state index in [0.29, 0.717) is 17.8 Å². The lowest BCUT2D eigenvalue weighted by molar-refractivity contribution is -0.135. The van der Waals surface area contributed by atoms with Crippen LogP contribution in [0.5, 0.6) is 0 Å². The molecule has 0 saturated heterocycles. The molecule has 0 bridgehead atoms. The van der Waals surface area contributed by atoms with Gasteiger partial charge in [-0.1, -0.05) is 24.3 Å². The first-order valence-corrected chi connectivity index (χ1v) is 7.29. The lowest BCUT2D eigenvalue weighted by Crippen LogP contribution is -2.32. The summed E-state index contributed by atoms with van der Waals surface area (Å²) < 4.78 is 18.5. The van der Waals surface area contributed by atoms with E-state index in [1.807, 2.05) is 6.92 Å². The molecule has 0 spiro atoms. The summed E-state index contributed by atoms with van der Waals surface area (Å²) in [5.74, 6) is -0.845. The predicted molar refractivity (Wildman–Crippen MR) is 89.0 cm³/mol. The van der Waals surface area contributed by atoms with Crippen LogP contribution >= 0.6 is 0 Å². The average Bonchev–Trinajstić information content (AvgIpc) is 2.50. The number of nitrogens with two attached hydrogens (primary N) is 1. The van der Waals surface area contributed by atoms with Crippen LogP contribution in [0.3, 0.4) is 0 Å². The number of hydrogen-bond acceptors (Lipinski definition) is 5. The molecule has 2 N–H and O–H groups in total. The van der Waals surface area contributed by atoms with E-state index in [2.05, 4.69) is 11.7 Å². The largest absolute Gasteiger partial charge is 0.461 e. The number of esters is 1. The van der Waals surface area contributed by atoms with Gasteiger partial charge in [-0.15, -0.1) is 6.58 Å². The first-order valence-electron chi connectivity index (χ1n) is 7.29. The van der Waals surface area contributed by atoms with E-state index in [1.165, 1.54) is 12.1 Å². The van der Waals surface area contributed by atoms with Gasteiger partial charge in [0.25, 0.3) is 0 Å². The number of ether oxygens (including phenoxy) is 1. The van der Waals surface area contributed by atoms with Gasteiger partial charge in [-0.3, -0.25) is 5.01 Å². The summed E-state index contributed by atoms with van der Waals surface area (Å²) in [4.78, 5) is 11.7. The van der Waals surface area contributed by atoms with Crippen LogP contribution in [-0.4, -0.2) is 29.8 Å². The van der Waals surface area contributed by atoms with Gasteiger partial charge in [0.1, 0.15) is 5.82 Å². The Kier molecular flexibility index (Phi) is 7.53. The number of allylic oxidation sites excluding steroid dienone is 1. The molecule has 0 aliphatic carbocycles. The van der Waals surface area contributed by atoms with Crippen LogP contribution in [0.1, 0.15) is 19.4 Å². The van der Waals surface area contributed by atoms with Crippen molar-refractivity contribution < 1.29 is 13.9 Å². The predicted octanol–water partition coefficient (Wildman–Crippen LogP) is 2.60. The van der Waals surface area contributed by atoms with Gasteiger partial charge < -0.3 is 10.5 Å². The zero-order chi connectivity index (χ0) is 17.2. The van der Waals surface area contributed by atoms with Gasteiger partial charge >= 0.3 is 5.97 Å². The van der Waals surface area contributed by atoms with Gasteiger partial charge in [-0.25, -0.2) is 9.18 Å². The van der Waals surface area contributed by atoms with Crippen LogP contribution in [0.2, 0.25) is 0 Å². The molecular formula is C17H22FN3O2. The van der Waals surface area contributed by atoms with E-state index < -0.39 is 5.97 Å². The maximum atomic E-state index is 13.6. The Bertz CT molecular complexity index is 612. The van der Waals surface area contributed by atoms with E-state index in [9.17, 15) is 9.18 Å². The van der Waals surface area contributed by atoms with Crippen molar-refractivity contribution in [3.8, 4) is 0 Å². The number of benzene rings is 1. The molecule has 0 unspecified atom stereocenters. The quantitative estimate of drug-likeness (QED) is 0.684. The second kappa shape index (κ2) is 9.40. The van der Waals surface area contributed by atoms with Crippen molar-refractivity contribution in [2.75, 3.05) is 13.2 Å². The van der Waals surface area contributed by atoms with Crippen LogP contribution in [0, 0.1) is 5.82 Å². The molecule has 1 aliphatic rings. The van der Waals surface area contributed by atoms with E-state index >= 15 is 0 Å². The topological polar surface area (TPSA) is 67.9 Å². The Morgan fingerprint density at radius 1 is 1.52 bits per heavy atom. The second-order valence-electron chi connectivity index (χ2n) is 4.75. The summed E-state index contributed by atoms with van der Waals surface area (Å²) in [5, 5.41) is 5.68. The zero-order valence-electron chi connectivity index (χ0n) is 13.5. The normalized spacial score (nSPS) is 13.3. The molecule has 124 valence electrons. The van der Waals surface area contributed by atoms with Crippen LogP contribution in [0.15, 0.2) is 53.8 Å². The van der Waals surface area contributed by atoms with E-state index in [-0.39, 0.29) is 24.7 Å². The summed E-state index contributed by atoms with van der Waals surface area (Å²) in [6, 6.07) is 6.42. The molecule has 1 aliphatic heterocycles. The molecule has 0 amide bonds. The molecule has 0 radical (unpaired) electrons. The van der Waals surface area contributed by atoms with Crippen molar-refractivity contribution in [3.05, 3.63) is 60.1 Å². The number of rotatable bonds is 4. The third-order valence-corrected chi connectivity index (χ3v) is 2.73. The first-order chi connectivity index (χ1) is 11.0. The lowest BCUT2D eigenvalue weighted by Gasteiger charge is -2.23. The highest BCUT2D eigenvalue weighted by Gasteiger charge is 2.19. The maximum absolute atomic E-state index is 13.6. The number of halogens is 1. The Morgan fingerprint density at radius 3 is 2.78 bits per heavy atom. The van der Waals surface area contributed by atoms with E-state index in [0.717, 1.165) is 0 Å². The lowest BCUT2D eigenvalue weighted by atomic mass is 10.2. The minimum absolute atomic E-state index is 0.131. The van der Waals surface area contributed by atoms with Crippen molar-refractivity contribution in [2.24, 2.45) is 10.8 Å². The Hall–Kier alpha value is -2.63. The molecule has 6 heteroatoms. The summed E-state index contributed by atoms with van der Waals surface area (Å²) in [6.07, 6.45) is 3.23. The van der Waals surface area contributed by atoms with Gasteiger partial charge in [0.15, 0.2) is 5.71 Å². The molecule has 1 heterocycles. The van der Waals surface area contributed by atoms with E-state index in [1.54, 1.807) is 36.2 Å². The molecule has 2 rings (SSSR count). The third kappa shape index (κ3) is 5.94. The van der Waals surface area contributed by atoms with E-state index in [4.69, 9.17) is 10.5 Å². The van der Waals surface area contributed by atoms with Crippen molar-refractivity contribution in [2.45, 2.75) is 20.4 Å². The molecule has 0 atom stereocenters. The van der Waals surface area contributed by atoms with Crippen molar-refractivity contribution in [1.82, 2.24) is 5.01 Å². The van der Waals surface area contributed by atoms with Crippen molar-refractivity contribution in [1.29, 1.82) is 0 Å². The molecule has 1 aromatic carbocycles. The molecule has 0 aromatic heterocycles. The summed E-state index contributed by atoms with van der Waals surface area (Å²) in [5.41, 5.74) is 6.89. The van der Waals surface area contributed by atoms with Gasteiger partial charge in [-0.05, 0) is 26.0 Å². The minimum Gasteiger partial charge on any atom is -0.461 e. The minimum atomic E-state index is -0.534. The Morgan fingerprint density at radius 2 is 2.17 bits per heavy atom. The van der Waals surface area contributed by atoms with Crippen LogP contribution in [0.4, 0.5) is 4.39 Å². The fraction of sp³-hybridized carbons (Fsp3) is 0.294. The molecule has 0 fully saturated rings. The summed E-state index contributed by atoms with van der Waals surface area (Å²) >= 11 is 0. The highest BCUT2D eigenvalue weighted by atomic mass is 19.1. The summed E-state index contributed by atoms with van der Waals surface area (Å²) in [7, 11) is 0. The third-order valence-electron chi connectivity index (χ3n) is 2.73. The highest BCUT2D eigenvalue weighted by molar-refractivity contribution is 6.41. The van der Waals surface area contributed by atoms with Crippen LogP contribution in [0.25, 0.3) is 0 Å². The molecule has 23 heavy (non-hydrogen) atoms. The SMILES string of the molecule is C=CC.CCOC(=O)C1=NN(Cc2ccccc2F)CC(N)=C1. The van der Waals surface area contributed by atoms with Crippen LogP contribution < -0.4 is 5.73 Å². The molecular weight excluding hydrogens is 297 g/mol. The molecule has 5 nitrogen and oxygen atoms in total. The first kappa shape index (κ1) is 18.4. The van der Waals surface area contributed by atoms with Gasteiger partial charge in [0, 0.05) is 11.3 Å². The standard InChI is InChI=1S/C14H16FN3O2.C3H6/c1-2-20-14(19)13-7-11(16)9-18(17-13)8-10-5-3-4-6-12(10)15;1-3-2/h3-7H,2,8-9,16H2,1H3;3H,1H2,2H3. The highest BCUT2D eigenvalue weighted by Crippen LogP contribution is 2.13. The number of carbonyl (C=O) groups is 1. The number of hydrazone groups is 1. The van der Waals surface area contributed by atoms with Crippen molar-refractivity contribution in [3.63, 3.8) is 0 Å². The molecule has 1 aromatic rings. The van der Waals surface area contributed by atoms with Crippen LogP contribution in [-0.2, 0) is 16.1 Å². The smallest absolute Gasteiger partial charge is 0.358 e. The monoisotopic (exact) mass is 319 g/mol. The Balaban J connectivity index is 0.000000816. The van der Waals surface area contributed by atoms with Gasteiger partial charge in [-0.2, -0.15) is 5.10 Å². The summed E-state index contributed by atoms with van der Waals surface area (Å²) in [6.45, 7) is 7.81. The van der Waals surface area contributed by atoms with Crippen molar-refractivity contribution >= 4 is 11.7 Å². The Labute approximate surface area is 135 Å².